The Balaban J connectivity index is 2.11. The first-order chi connectivity index (χ1) is 13.3. The van der Waals surface area contributed by atoms with Crippen LogP contribution in [0.3, 0.4) is 0 Å². The third kappa shape index (κ3) is 3.35. The third-order valence-electron chi connectivity index (χ3n) is 5.57. The van der Waals surface area contributed by atoms with Crippen LogP contribution in [0.1, 0.15) is 65.7 Å². The van der Waals surface area contributed by atoms with Gasteiger partial charge in [-0.25, -0.2) is 8.78 Å². The first-order valence-corrected chi connectivity index (χ1v) is 9.29. The van der Waals surface area contributed by atoms with E-state index in [1.54, 1.807) is 20.8 Å². The van der Waals surface area contributed by atoms with E-state index < -0.39 is 23.1 Å². The summed E-state index contributed by atoms with van der Waals surface area (Å²) < 4.78 is 29.9. The third-order valence-corrected chi connectivity index (χ3v) is 5.57. The Kier molecular flexibility index (Phi) is 5.41. The second kappa shape index (κ2) is 7.63. The fraction of sp³-hybridized carbons (Fsp3) is 0.429. The van der Waals surface area contributed by atoms with Gasteiger partial charge in [-0.3, -0.25) is 9.59 Å². The van der Waals surface area contributed by atoms with Crippen LogP contribution in [-0.4, -0.2) is 22.8 Å². The standard InChI is InChI=1S/C21H23F2N3O2/c1-4-6-14(27)26-13-8-5-7-12(9-13)16-15-10(2)11(3)25-20(15)17(21(24)28)19(23)18(16)22/h12-13,25H,5,7-9H2,1-3H3,(H2,24,28)(H,26,27). The first-order valence-electron chi connectivity index (χ1n) is 9.29. The molecular weight excluding hydrogens is 364 g/mol. The fourth-order valence-electron chi connectivity index (χ4n) is 4.22. The minimum atomic E-state index is -1.22. The average molecular weight is 387 g/mol. The molecule has 2 aromatic rings. The summed E-state index contributed by atoms with van der Waals surface area (Å²) in [6, 6.07) is -0.166. The van der Waals surface area contributed by atoms with Gasteiger partial charge in [-0.2, -0.15) is 0 Å². The topological polar surface area (TPSA) is 88.0 Å². The number of hydrogen-bond donors (Lipinski definition) is 3. The number of halogens is 2. The van der Waals surface area contributed by atoms with Gasteiger partial charge in [0.2, 0.25) is 0 Å². The van der Waals surface area contributed by atoms with E-state index in [-0.39, 0.29) is 28.9 Å². The molecule has 2 unspecified atom stereocenters. The summed E-state index contributed by atoms with van der Waals surface area (Å²) in [7, 11) is 0. The molecule has 1 aromatic carbocycles. The number of rotatable bonds is 3. The second-order valence-corrected chi connectivity index (χ2v) is 7.31. The number of hydrogen-bond acceptors (Lipinski definition) is 2. The molecule has 1 fully saturated rings. The highest BCUT2D eigenvalue weighted by molar-refractivity contribution is 6.07. The molecule has 28 heavy (non-hydrogen) atoms. The van der Waals surface area contributed by atoms with E-state index in [0.29, 0.717) is 18.2 Å². The lowest BCUT2D eigenvalue weighted by Gasteiger charge is -2.30. The van der Waals surface area contributed by atoms with Gasteiger partial charge in [0.1, 0.15) is 5.56 Å². The summed E-state index contributed by atoms with van der Waals surface area (Å²) in [6.07, 6.45) is 2.65. The summed E-state index contributed by atoms with van der Waals surface area (Å²) in [5, 5.41) is 3.35. The molecule has 0 spiro atoms. The zero-order valence-electron chi connectivity index (χ0n) is 16.1. The van der Waals surface area contributed by atoms with Crippen molar-refractivity contribution in [3.63, 3.8) is 0 Å². The highest BCUT2D eigenvalue weighted by Crippen LogP contribution is 2.42. The lowest BCUT2D eigenvalue weighted by Crippen LogP contribution is -2.37. The lowest BCUT2D eigenvalue weighted by atomic mass is 9.79. The van der Waals surface area contributed by atoms with E-state index in [4.69, 9.17) is 5.73 Å². The summed E-state index contributed by atoms with van der Waals surface area (Å²) in [4.78, 5) is 26.5. The number of amides is 2. The van der Waals surface area contributed by atoms with Crippen molar-refractivity contribution in [1.29, 1.82) is 0 Å². The molecule has 0 saturated heterocycles. The van der Waals surface area contributed by atoms with Crippen LogP contribution in [-0.2, 0) is 4.79 Å². The van der Waals surface area contributed by atoms with Crippen molar-refractivity contribution in [3.8, 4) is 11.8 Å². The van der Waals surface area contributed by atoms with Crippen molar-refractivity contribution in [2.45, 2.75) is 58.4 Å². The van der Waals surface area contributed by atoms with E-state index in [0.717, 1.165) is 24.1 Å². The van der Waals surface area contributed by atoms with Crippen LogP contribution in [0.15, 0.2) is 0 Å². The molecule has 2 amide bonds. The largest absolute Gasteiger partial charge is 0.365 e. The first kappa shape index (κ1) is 19.9. The second-order valence-electron chi connectivity index (χ2n) is 7.31. The van der Waals surface area contributed by atoms with Crippen molar-refractivity contribution >= 4 is 22.7 Å². The molecule has 4 N–H and O–H groups in total. The number of benzene rings is 1. The molecule has 5 nitrogen and oxygen atoms in total. The maximum absolute atomic E-state index is 15.1. The van der Waals surface area contributed by atoms with Crippen molar-refractivity contribution in [2.75, 3.05) is 0 Å². The van der Waals surface area contributed by atoms with Crippen molar-refractivity contribution in [3.05, 3.63) is 34.0 Å². The molecule has 1 saturated carbocycles. The normalized spacial score (nSPS) is 19.2. The maximum Gasteiger partial charge on any atom is 0.296 e. The van der Waals surface area contributed by atoms with Gasteiger partial charge in [0.05, 0.1) is 5.52 Å². The van der Waals surface area contributed by atoms with Crippen LogP contribution in [0.2, 0.25) is 0 Å². The van der Waals surface area contributed by atoms with Crippen LogP contribution in [0.25, 0.3) is 10.9 Å². The van der Waals surface area contributed by atoms with Gasteiger partial charge in [0, 0.05) is 22.7 Å². The minimum Gasteiger partial charge on any atom is -0.365 e. The number of aromatic nitrogens is 1. The van der Waals surface area contributed by atoms with Crippen LogP contribution in [0.4, 0.5) is 8.78 Å². The molecule has 0 aliphatic heterocycles. The average Bonchev–Trinajstić information content (AvgIpc) is 2.91. The Morgan fingerprint density at radius 2 is 1.93 bits per heavy atom. The number of nitrogens with one attached hydrogen (secondary N) is 2. The molecule has 148 valence electrons. The molecule has 2 atom stereocenters. The Morgan fingerprint density at radius 3 is 2.57 bits per heavy atom. The molecule has 1 aromatic heterocycles. The molecule has 0 bridgehead atoms. The minimum absolute atomic E-state index is 0.166. The Morgan fingerprint density at radius 1 is 1.21 bits per heavy atom. The SMILES string of the molecule is CC#CC(=O)NC1CCCC(c2c(F)c(F)c(C(N)=O)c3[nH]c(C)c(C)c23)C1. The zero-order valence-corrected chi connectivity index (χ0v) is 16.1. The van der Waals surface area contributed by atoms with Gasteiger partial charge in [0.25, 0.3) is 11.8 Å². The van der Waals surface area contributed by atoms with Gasteiger partial charge in [0.15, 0.2) is 11.6 Å². The summed E-state index contributed by atoms with van der Waals surface area (Å²) in [6.45, 7) is 5.17. The van der Waals surface area contributed by atoms with E-state index >= 15 is 4.39 Å². The lowest BCUT2D eigenvalue weighted by molar-refractivity contribution is -0.116. The monoisotopic (exact) mass is 387 g/mol. The smallest absolute Gasteiger partial charge is 0.296 e. The number of aromatic amines is 1. The van der Waals surface area contributed by atoms with Gasteiger partial charge in [-0.05, 0) is 57.4 Å². The van der Waals surface area contributed by atoms with Crippen LogP contribution in [0, 0.1) is 37.3 Å². The van der Waals surface area contributed by atoms with Crippen molar-refractivity contribution < 1.29 is 18.4 Å². The Bertz CT molecular complexity index is 1030. The van der Waals surface area contributed by atoms with E-state index in [2.05, 4.69) is 22.1 Å². The van der Waals surface area contributed by atoms with Crippen LogP contribution >= 0.6 is 0 Å². The number of carbonyl (C=O) groups is 2. The highest BCUT2D eigenvalue weighted by atomic mass is 19.2. The number of carbonyl (C=O) groups excluding carboxylic acids is 2. The predicted octanol–water partition coefficient (Wildman–Crippen LogP) is 3.33. The molecule has 1 aliphatic carbocycles. The molecule has 3 rings (SSSR count). The highest BCUT2D eigenvalue weighted by Gasteiger charge is 2.33. The number of H-pyrrole nitrogens is 1. The quantitative estimate of drug-likeness (QED) is 0.706. The number of primary amides is 1. The van der Waals surface area contributed by atoms with Gasteiger partial charge in [-0.15, -0.1) is 0 Å². The van der Waals surface area contributed by atoms with Crippen LogP contribution < -0.4 is 11.1 Å². The molecule has 0 radical (unpaired) electrons. The molecule has 1 aliphatic rings. The van der Waals surface area contributed by atoms with Crippen molar-refractivity contribution in [1.82, 2.24) is 10.3 Å². The van der Waals surface area contributed by atoms with Crippen LogP contribution in [0.5, 0.6) is 0 Å². The van der Waals surface area contributed by atoms with E-state index in [9.17, 15) is 14.0 Å². The summed E-state index contributed by atoms with van der Waals surface area (Å²) >= 11 is 0. The van der Waals surface area contributed by atoms with Crippen molar-refractivity contribution in [2.24, 2.45) is 5.73 Å². The molecule has 7 heteroatoms. The van der Waals surface area contributed by atoms with E-state index in [1.807, 2.05) is 0 Å². The predicted molar refractivity (Wildman–Crippen MR) is 103 cm³/mol. The molecular formula is C21H23F2N3O2. The number of nitrogens with two attached hydrogens (primary N) is 1. The maximum atomic E-state index is 15.1. The van der Waals surface area contributed by atoms with Gasteiger partial charge in [-0.1, -0.05) is 12.3 Å². The number of fused-ring (bicyclic) bond motifs is 1. The Hall–Kier alpha value is -2.88. The molecule has 1 heterocycles. The zero-order chi connectivity index (χ0) is 20.6. The van der Waals surface area contributed by atoms with Gasteiger partial charge >= 0.3 is 0 Å². The number of aryl methyl sites for hydroxylation is 2. The van der Waals surface area contributed by atoms with Gasteiger partial charge < -0.3 is 16.0 Å². The Labute approximate surface area is 162 Å². The summed E-state index contributed by atoms with van der Waals surface area (Å²) in [5.74, 6) is 1.06. The fourth-order valence-corrected chi connectivity index (χ4v) is 4.22. The summed E-state index contributed by atoms with van der Waals surface area (Å²) in [5.41, 5.74) is 6.83. The van der Waals surface area contributed by atoms with E-state index in [1.165, 1.54) is 0 Å².